The molecular formula is C21H20ClF3N2O3. The van der Waals surface area contributed by atoms with Crippen molar-refractivity contribution in [3.63, 3.8) is 0 Å². The highest BCUT2D eigenvalue weighted by atomic mass is 35.5. The molecule has 0 unspecified atom stereocenters. The van der Waals surface area contributed by atoms with E-state index in [1.54, 1.807) is 12.1 Å². The summed E-state index contributed by atoms with van der Waals surface area (Å²) in [6.07, 6.45) is 0.961. The Hall–Kier alpha value is -2.84. The van der Waals surface area contributed by atoms with Crippen molar-refractivity contribution < 1.29 is 27.8 Å². The molecule has 0 aliphatic rings. The summed E-state index contributed by atoms with van der Waals surface area (Å²) in [5, 5.41) is 9.27. The number of aliphatic hydroxyl groups is 1. The molecule has 0 heterocycles. The van der Waals surface area contributed by atoms with Crippen LogP contribution < -0.4 is 0 Å². The number of esters is 1. The Bertz CT molecular complexity index is 990. The van der Waals surface area contributed by atoms with Crippen LogP contribution in [0.1, 0.15) is 18.1 Å². The fourth-order valence-corrected chi connectivity index (χ4v) is 2.69. The number of benzene rings is 2. The molecule has 1 N–H and O–H groups in total. The van der Waals surface area contributed by atoms with Crippen molar-refractivity contribution in [2.75, 3.05) is 20.7 Å². The van der Waals surface area contributed by atoms with E-state index in [2.05, 4.69) is 4.99 Å². The van der Waals surface area contributed by atoms with E-state index in [4.69, 9.17) is 16.3 Å². The molecule has 160 valence electrons. The number of aliphatic hydroxyl groups excluding tert-OH is 1. The number of aliphatic imine (C=N–C) groups is 1. The number of ether oxygens (including phenoxy) is 1. The van der Waals surface area contributed by atoms with Gasteiger partial charge in [-0.3, -0.25) is 4.99 Å². The lowest BCUT2D eigenvalue weighted by atomic mass is 10.1. The molecule has 0 saturated heterocycles. The van der Waals surface area contributed by atoms with Gasteiger partial charge in [0.15, 0.2) is 17.5 Å². The van der Waals surface area contributed by atoms with Crippen LogP contribution in [0.5, 0.6) is 0 Å². The van der Waals surface area contributed by atoms with Crippen LogP contribution in [-0.2, 0) is 16.1 Å². The Balaban J connectivity index is 2.48. The lowest BCUT2D eigenvalue weighted by Gasteiger charge is -2.10. The predicted molar refractivity (Wildman–Crippen MR) is 109 cm³/mol. The average molecular weight is 441 g/mol. The van der Waals surface area contributed by atoms with E-state index in [0.717, 1.165) is 18.3 Å². The highest BCUT2D eigenvalue weighted by molar-refractivity contribution is 6.31. The molecule has 0 radical (unpaired) electrons. The summed E-state index contributed by atoms with van der Waals surface area (Å²) in [4.78, 5) is 18.3. The molecule has 0 aromatic heterocycles. The first-order valence-corrected chi connectivity index (χ1v) is 9.24. The van der Waals surface area contributed by atoms with E-state index in [1.165, 1.54) is 6.92 Å². The van der Waals surface area contributed by atoms with Gasteiger partial charge in [0.05, 0.1) is 17.9 Å². The normalized spacial score (nSPS) is 12.4. The fourth-order valence-electron chi connectivity index (χ4n) is 2.50. The van der Waals surface area contributed by atoms with Gasteiger partial charge in [-0.15, -0.1) is 0 Å². The third-order valence-electron chi connectivity index (χ3n) is 3.89. The Morgan fingerprint density at radius 3 is 2.40 bits per heavy atom. The average Bonchev–Trinajstić information content (AvgIpc) is 2.70. The van der Waals surface area contributed by atoms with Gasteiger partial charge in [0.2, 0.25) is 0 Å². The molecule has 0 saturated carbocycles. The summed E-state index contributed by atoms with van der Waals surface area (Å²) >= 11 is 5.42. The first kappa shape index (κ1) is 23.4. The Kier molecular flexibility index (Phi) is 8.02. The highest BCUT2D eigenvalue weighted by Crippen LogP contribution is 2.29. The maximum atomic E-state index is 14.3. The summed E-state index contributed by atoms with van der Waals surface area (Å²) in [5.41, 5.74) is 0.127. The zero-order chi connectivity index (χ0) is 22.4. The molecule has 2 aromatic carbocycles. The first-order chi connectivity index (χ1) is 14.1. The molecule has 0 aliphatic carbocycles. The zero-order valence-electron chi connectivity index (χ0n) is 16.5. The van der Waals surface area contributed by atoms with Crippen LogP contribution in [0.4, 0.5) is 18.9 Å². The topological polar surface area (TPSA) is 62.1 Å². The van der Waals surface area contributed by atoms with Gasteiger partial charge in [0.25, 0.3) is 0 Å². The van der Waals surface area contributed by atoms with Crippen molar-refractivity contribution in [1.82, 2.24) is 4.90 Å². The minimum Gasteiger partial charge on any atom is -0.506 e. The Morgan fingerprint density at radius 1 is 1.20 bits per heavy atom. The quantitative estimate of drug-likeness (QED) is 0.163. The van der Waals surface area contributed by atoms with Crippen LogP contribution in [0.25, 0.3) is 5.76 Å². The van der Waals surface area contributed by atoms with E-state index < -0.39 is 45.3 Å². The molecule has 0 fully saturated rings. The second-order valence-corrected chi connectivity index (χ2v) is 6.87. The lowest BCUT2D eigenvalue weighted by Crippen LogP contribution is -2.12. The van der Waals surface area contributed by atoms with E-state index >= 15 is 0 Å². The third kappa shape index (κ3) is 5.61. The van der Waals surface area contributed by atoms with E-state index in [1.807, 2.05) is 31.1 Å². The zero-order valence-corrected chi connectivity index (χ0v) is 17.3. The molecule has 0 bridgehead atoms. The smallest absolute Gasteiger partial charge is 0.343 e. The summed E-state index contributed by atoms with van der Waals surface area (Å²) in [6.45, 7) is 2.21. The van der Waals surface area contributed by atoms with Gasteiger partial charge in [0.1, 0.15) is 16.4 Å². The van der Waals surface area contributed by atoms with Crippen LogP contribution >= 0.6 is 11.6 Å². The molecule has 5 nitrogen and oxygen atoms in total. The van der Waals surface area contributed by atoms with Crippen molar-refractivity contribution in [3.8, 4) is 0 Å². The highest BCUT2D eigenvalue weighted by Gasteiger charge is 2.24. The number of nitrogens with zero attached hydrogens (tertiary/aromatic N) is 2. The van der Waals surface area contributed by atoms with Gasteiger partial charge in [-0.2, -0.15) is 0 Å². The second-order valence-electron chi connectivity index (χ2n) is 6.49. The number of rotatable bonds is 7. The molecule has 0 spiro atoms. The second kappa shape index (κ2) is 10.3. The molecule has 9 heteroatoms. The van der Waals surface area contributed by atoms with E-state index in [-0.39, 0.29) is 6.61 Å². The van der Waals surface area contributed by atoms with Crippen LogP contribution in [0, 0.1) is 17.5 Å². The van der Waals surface area contributed by atoms with Crippen molar-refractivity contribution in [2.45, 2.75) is 13.5 Å². The molecule has 0 aliphatic heterocycles. The standard InChI is InChI=1S/C21H20ClF3N2O3/c1-4-30-21(29)15(10-26-13-7-5-12(6-8-13)11-27(2)3)20(28)14-9-16(23)19(25)17(22)18(14)24/h5-10,28H,4,11H2,1-3H3. The first-order valence-electron chi connectivity index (χ1n) is 8.87. The Labute approximate surface area is 177 Å². The van der Waals surface area contributed by atoms with Crippen LogP contribution in [0.15, 0.2) is 40.9 Å². The summed E-state index contributed by atoms with van der Waals surface area (Å²) < 4.78 is 46.2. The number of carbonyl (C=O) groups excluding carboxylic acids is 1. The van der Waals surface area contributed by atoms with Crippen LogP contribution in [0.2, 0.25) is 5.02 Å². The van der Waals surface area contributed by atoms with Crippen molar-refractivity contribution >= 4 is 35.2 Å². The predicted octanol–water partition coefficient (Wildman–Crippen LogP) is 5.05. The molecule has 2 aromatic rings. The van der Waals surface area contributed by atoms with Crippen molar-refractivity contribution in [3.05, 3.63) is 69.5 Å². The number of halogens is 4. The lowest BCUT2D eigenvalue weighted by molar-refractivity contribution is -0.137. The summed E-state index contributed by atoms with van der Waals surface area (Å²) in [7, 11) is 3.85. The molecule has 30 heavy (non-hydrogen) atoms. The monoisotopic (exact) mass is 440 g/mol. The Morgan fingerprint density at radius 2 is 1.83 bits per heavy atom. The molecule has 2 rings (SSSR count). The van der Waals surface area contributed by atoms with Crippen LogP contribution in [-0.4, -0.2) is 42.9 Å². The van der Waals surface area contributed by atoms with Crippen molar-refractivity contribution in [1.29, 1.82) is 0 Å². The minimum atomic E-state index is -1.60. The maximum absolute atomic E-state index is 14.3. The van der Waals surface area contributed by atoms with Crippen molar-refractivity contribution in [2.24, 2.45) is 4.99 Å². The third-order valence-corrected chi connectivity index (χ3v) is 4.22. The largest absolute Gasteiger partial charge is 0.506 e. The molecule has 0 amide bonds. The van der Waals surface area contributed by atoms with Gasteiger partial charge < -0.3 is 14.7 Å². The summed E-state index contributed by atoms with van der Waals surface area (Å²) in [6, 6.07) is 7.42. The van der Waals surface area contributed by atoms with Gasteiger partial charge >= 0.3 is 5.97 Å². The SMILES string of the molecule is CCOC(=O)C(C=Nc1ccc(CN(C)C)cc1)=C(O)c1cc(F)c(F)c(Cl)c1F. The van der Waals surface area contributed by atoms with Gasteiger partial charge in [-0.1, -0.05) is 23.7 Å². The van der Waals surface area contributed by atoms with E-state index in [0.29, 0.717) is 11.8 Å². The van der Waals surface area contributed by atoms with Gasteiger partial charge in [0, 0.05) is 12.8 Å². The number of carbonyl (C=O) groups is 1. The minimum absolute atomic E-state index is 0.0380. The van der Waals surface area contributed by atoms with E-state index in [9.17, 15) is 23.1 Å². The van der Waals surface area contributed by atoms with Gasteiger partial charge in [-0.05, 0) is 44.8 Å². The number of hydrogen-bond acceptors (Lipinski definition) is 5. The van der Waals surface area contributed by atoms with Gasteiger partial charge in [-0.25, -0.2) is 18.0 Å². The maximum Gasteiger partial charge on any atom is 0.343 e. The molecule has 0 atom stereocenters. The summed E-state index contributed by atoms with van der Waals surface area (Å²) in [5.74, 6) is -6.52. The molecular weight excluding hydrogens is 421 g/mol. The van der Waals surface area contributed by atoms with Crippen LogP contribution in [0.3, 0.4) is 0 Å². The number of hydrogen-bond donors (Lipinski definition) is 1. The fraction of sp³-hybridized carbons (Fsp3) is 0.238.